The molecule has 0 bridgehead atoms. The van der Waals surface area contributed by atoms with Crippen LogP contribution in [-0.4, -0.2) is 242 Å². The fourth-order valence-electron chi connectivity index (χ4n) is 16.4. The van der Waals surface area contributed by atoms with Crippen molar-refractivity contribution in [3.05, 3.63) is 11.6 Å². The molecule has 3 saturated carbocycles. The van der Waals surface area contributed by atoms with Gasteiger partial charge in [0.15, 0.2) is 25.2 Å². The molecule has 82 heavy (non-hydrogen) atoms. The van der Waals surface area contributed by atoms with Gasteiger partial charge in [-0.25, -0.2) is 8.42 Å². The van der Waals surface area contributed by atoms with E-state index in [1.807, 2.05) is 33.8 Å². The molecule has 0 radical (unpaired) electrons. The van der Waals surface area contributed by atoms with E-state index in [0.29, 0.717) is 44.4 Å². The number of carbonyl (C=O) groups is 1. The predicted molar refractivity (Wildman–Crippen MR) is 272 cm³/mol. The monoisotopic (exact) mass is 1210 g/mol. The van der Waals surface area contributed by atoms with Gasteiger partial charge < -0.3 is 108 Å². The first-order chi connectivity index (χ1) is 37.8. The Morgan fingerprint density at radius 1 is 0.720 bits per heavy atom. The molecule has 5 saturated heterocycles. The Bertz CT molecular complexity index is 2390. The third-order valence-corrected chi connectivity index (χ3v) is 21.3. The SMILES string of the molecule is COC1C(O)C(CO)OC(OC2C(O)C(CO)OC(OC3C(C)OC(OC4C(OC5CCC6(C)C7=CC(O)C89C(=O)OC(C)(CCCC(C)C)C8(O)CCC9(C)C7CCC6C5(C)C)OCC(OS(=O)(=O)[O-])C4O)C(O)C3O)C2O)C1O.[Na+]. The number of cyclic esters (lactones) is 1. The van der Waals surface area contributed by atoms with Crippen LogP contribution in [0.3, 0.4) is 0 Å². The Hall–Kier alpha value is -0.720. The topological polar surface area (TPSA) is 398 Å². The van der Waals surface area contributed by atoms with E-state index in [9.17, 15) is 73.9 Å². The first-order valence-corrected chi connectivity index (χ1v) is 29.8. The zero-order valence-electron chi connectivity index (χ0n) is 48.4. The second-order valence-corrected chi connectivity index (χ2v) is 27.0. The van der Waals surface area contributed by atoms with Crippen molar-refractivity contribution < 1.29 is 155 Å². The summed E-state index contributed by atoms with van der Waals surface area (Å²) in [5.74, 6) is -0.449. The maximum absolute atomic E-state index is 14.5. The molecule has 28 atom stereocenters. The Kier molecular flexibility index (Phi) is 20.1. The van der Waals surface area contributed by atoms with Crippen LogP contribution in [0.15, 0.2) is 11.6 Å². The maximum Gasteiger partial charge on any atom is 1.00 e. The van der Waals surface area contributed by atoms with Gasteiger partial charge in [0.1, 0.15) is 102 Å². The van der Waals surface area contributed by atoms with Gasteiger partial charge in [0, 0.05) is 7.11 Å². The quantitative estimate of drug-likeness (QED) is 0.0163. The normalized spacial score (nSPS) is 51.0. The third kappa shape index (κ3) is 11.0. The van der Waals surface area contributed by atoms with Gasteiger partial charge in [0.05, 0.1) is 38.1 Å². The minimum Gasteiger partial charge on any atom is -0.726 e. The fourth-order valence-corrected chi connectivity index (χ4v) is 16.9. The van der Waals surface area contributed by atoms with Gasteiger partial charge in [0.25, 0.3) is 0 Å². The number of aliphatic hydroxyl groups excluding tert-OH is 10. The molecule has 28 unspecified atom stereocenters. The molecule has 5 aliphatic heterocycles. The Morgan fingerprint density at radius 2 is 1.30 bits per heavy atom. The maximum atomic E-state index is 14.5. The van der Waals surface area contributed by atoms with Crippen molar-refractivity contribution in [2.24, 2.45) is 39.4 Å². The van der Waals surface area contributed by atoms with E-state index >= 15 is 0 Å². The summed E-state index contributed by atoms with van der Waals surface area (Å²) in [5, 5.41) is 124. The fraction of sp³-hybridized carbons (Fsp3) is 0.944. The Labute approximate surface area is 500 Å². The van der Waals surface area contributed by atoms with E-state index in [-0.39, 0.29) is 47.8 Å². The van der Waals surface area contributed by atoms with Crippen molar-refractivity contribution in [3.63, 3.8) is 0 Å². The smallest absolute Gasteiger partial charge is 0.726 e. The van der Waals surface area contributed by atoms with Gasteiger partial charge in [-0.15, -0.1) is 0 Å². The molecule has 9 rings (SSSR count). The van der Waals surface area contributed by atoms with Gasteiger partial charge in [-0.3, -0.25) is 8.98 Å². The average molecular weight is 1210 g/mol. The number of methoxy groups -OCH3 is 1. The number of allylic oxidation sites excluding steroid dienone is 1. The van der Waals surface area contributed by atoms with Gasteiger partial charge >= 0.3 is 35.5 Å². The zero-order valence-corrected chi connectivity index (χ0v) is 51.2. The van der Waals surface area contributed by atoms with Crippen LogP contribution in [0.5, 0.6) is 0 Å². The van der Waals surface area contributed by atoms with Crippen LogP contribution in [0.4, 0.5) is 0 Å². The summed E-state index contributed by atoms with van der Waals surface area (Å²) in [4.78, 5) is 14.5. The second kappa shape index (κ2) is 24.6. The van der Waals surface area contributed by atoms with Crippen LogP contribution in [-0.2, 0) is 66.7 Å². The van der Waals surface area contributed by atoms with Crippen LogP contribution >= 0.6 is 0 Å². The molecule has 26 nitrogen and oxygen atoms in total. The molecule has 466 valence electrons. The van der Waals surface area contributed by atoms with Crippen molar-refractivity contribution in [1.29, 1.82) is 0 Å². The molecule has 0 aromatic heterocycles. The van der Waals surface area contributed by atoms with Crippen LogP contribution in [0.2, 0.25) is 0 Å². The number of aliphatic hydroxyl groups is 11. The van der Waals surface area contributed by atoms with E-state index in [1.54, 1.807) is 0 Å². The number of carbonyl (C=O) groups excluding carboxylic acids is 1. The molecule has 11 N–H and O–H groups in total. The summed E-state index contributed by atoms with van der Waals surface area (Å²) < 4.78 is 99.7. The van der Waals surface area contributed by atoms with Crippen LogP contribution in [0, 0.1) is 39.4 Å². The van der Waals surface area contributed by atoms with Crippen molar-refractivity contribution in [3.8, 4) is 0 Å². The molecule has 0 amide bonds. The molecule has 5 heterocycles. The number of fused-ring (bicyclic) bond motifs is 4. The molecule has 28 heteroatoms. The number of rotatable bonds is 17. The van der Waals surface area contributed by atoms with E-state index in [4.69, 9.17) is 47.4 Å². The van der Waals surface area contributed by atoms with E-state index < -0.39 is 198 Å². The summed E-state index contributed by atoms with van der Waals surface area (Å²) in [6.45, 7) is 13.4. The van der Waals surface area contributed by atoms with Crippen molar-refractivity contribution in [2.75, 3.05) is 26.9 Å². The van der Waals surface area contributed by atoms with Crippen molar-refractivity contribution in [2.45, 2.75) is 253 Å². The van der Waals surface area contributed by atoms with Gasteiger partial charge in [-0.1, -0.05) is 59.6 Å². The number of hydrogen-bond donors (Lipinski definition) is 11. The van der Waals surface area contributed by atoms with Gasteiger partial charge in [-0.05, 0) is 99.2 Å². The molecule has 8 fully saturated rings. The zero-order chi connectivity index (χ0) is 59.5. The molecule has 1 spiro atoms. The summed E-state index contributed by atoms with van der Waals surface area (Å²) in [6, 6.07) is 0. The summed E-state index contributed by atoms with van der Waals surface area (Å²) in [6.07, 6.45) is -27.6. The average Bonchev–Trinajstić information content (AvgIpc) is 2.87. The summed E-state index contributed by atoms with van der Waals surface area (Å²) >= 11 is 0. The van der Waals surface area contributed by atoms with Crippen LogP contribution in [0.1, 0.15) is 113 Å². The minimum absolute atomic E-state index is 0. The Morgan fingerprint density at radius 3 is 1.90 bits per heavy atom. The van der Waals surface area contributed by atoms with E-state index in [2.05, 4.69) is 25.0 Å². The second-order valence-electron chi connectivity index (χ2n) is 26.0. The van der Waals surface area contributed by atoms with Crippen LogP contribution in [0.25, 0.3) is 0 Å². The molecule has 4 aliphatic carbocycles. The summed E-state index contributed by atoms with van der Waals surface area (Å²) in [5.41, 5.74) is -5.47. The minimum atomic E-state index is -5.44. The van der Waals surface area contributed by atoms with Crippen molar-refractivity contribution >= 4 is 16.4 Å². The van der Waals surface area contributed by atoms with E-state index in [1.165, 1.54) is 14.0 Å². The molecule has 0 aromatic rings. The first-order valence-electron chi connectivity index (χ1n) is 28.5. The Balaban J connectivity index is 0.00000880. The first kappa shape index (κ1) is 67.2. The van der Waals surface area contributed by atoms with Crippen LogP contribution < -0.4 is 29.6 Å². The number of ether oxygens (including phenoxy) is 10. The molecule has 0 aromatic carbocycles. The number of esters is 1. The molecular weight excluding hydrogens is 1120 g/mol. The standard InChI is InChI=1S/C54H88O26S.Na/c1-23(2)11-10-15-52(8)53(66)18-17-51(7)25-12-13-30-49(4,5)32(14-16-50(30,6)26(25)19-31(57)54(51,53)48(65)79-52)75-47-43(35(60)29(22-71-47)80-81(67,68)69)78-44-37(62)36(61)40(24(3)72-44)76-46-39(64)42(34(59)28(21-56)74-46)77-45-38(63)41(70-9)33(58)27(20-55)73-45;/h19,23-25,27-47,55-64,66H,10-18,20-22H2,1-9H3,(H,67,68,69);/q;+1/p-1. The van der Waals surface area contributed by atoms with Gasteiger partial charge in [0.2, 0.25) is 10.4 Å². The summed E-state index contributed by atoms with van der Waals surface area (Å²) in [7, 11) is -4.26. The number of hydrogen-bond acceptors (Lipinski definition) is 26. The van der Waals surface area contributed by atoms with E-state index in [0.717, 1.165) is 18.4 Å². The van der Waals surface area contributed by atoms with Crippen molar-refractivity contribution in [1.82, 2.24) is 0 Å². The predicted octanol–water partition coefficient (Wildman–Crippen LogP) is -4.73. The third-order valence-electron chi connectivity index (χ3n) is 20.8. The molecular formula is C54H87NaO26S. The van der Waals surface area contributed by atoms with Gasteiger partial charge in [-0.2, -0.15) is 0 Å². The molecule has 9 aliphatic rings. The largest absolute Gasteiger partial charge is 1.00 e.